The second kappa shape index (κ2) is 6.21. The minimum Gasteiger partial charge on any atom is -0.439 e. The van der Waals surface area contributed by atoms with Crippen LogP contribution in [0, 0.1) is 3.57 Å². The van der Waals surface area contributed by atoms with E-state index >= 15 is 0 Å². The summed E-state index contributed by atoms with van der Waals surface area (Å²) < 4.78 is 6.78. The molecule has 1 heterocycles. The van der Waals surface area contributed by atoms with Gasteiger partial charge in [-0.05, 0) is 47.0 Å². The van der Waals surface area contributed by atoms with Crippen molar-refractivity contribution in [2.24, 2.45) is 5.84 Å². The zero-order valence-electron chi connectivity index (χ0n) is 9.55. The molecule has 7 heteroatoms. The van der Waals surface area contributed by atoms with Crippen LogP contribution in [-0.4, -0.2) is 16.2 Å². The fourth-order valence-electron chi connectivity index (χ4n) is 1.27. The Morgan fingerprint density at radius 2 is 2.17 bits per heavy atom. The van der Waals surface area contributed by atoms with E-state index in [0.717, 1.165) is 9.32 Å². The average molecular weight is 374 g/mol. The number of nitrogens with two attached hydrogens (primary N) is 1. The Balaban J connectivity index is 2.28. The number of hydrogen-bond acceptors (Lipinski definition) is 6. The first kappa shape index (κ1) is 13.4. The molecule has 0 aliphatic rings. The summed E-state index contributed by atoms with van der Waals surface area (Å²) in [7, 11) is 0. The van der Waals surface area contributed by atoms with Crippen molar-refractivity contribution in [3.05, 3.63) is 33.9 Å². The van der Waals surface area contributed by atoms with Crippen molar-refractivity contribution in [3.63, 3.8) is 0 Å². The van der Waals surface area contributed by atoms with Crippen LogP contribution in [0.15, 0.2) is 35.5 Å². The number of anilines is 1. The Labute approximate surface area is 123 Å². The summed E-state index contributed by atoms with van der Waals surface area (Å²) in [4.78, 5) is 8.42. The maximum Gasteiger partial charge on any atom is 0.225 e. The van der Waals surface area contributed by atoms with E-state index in [2.05, 4.69) is 38.0 Å². The molecule has 0 amide bonds. The number of benzene rings is 1. The third-order valence-corrected chi connectivity index (χ3v) is 3.25. The summed E-state index contributed by atoms with van der Waals surface area (Å²) in [5, 5.41) is 0.603. The molecule has 3 N–H and O–H groups in total. The minimum absolute atomic E-state index is 0.462. The van der Waals surface area contributed by atoms with E-state index in [-0.39, 0.29) is 0 Å². The Morgan fingerprint density at radius 1 is 1.33 bits per heavy atom. The van der Waals surface area contributed by atoms with Crippen molar-refractivity contribution in [2.75, 3.05) is 11.7 Å². The predicted molar refractivity (Wildman–Crippen MR) is 80.9 cm³/mol. The number of halogens is 1. The third-order valence-electron chi connectivity index (χ3n) is 2.03. The van der Waals surface area contributed by atoms with E-state index in [1.807, 2.05) is 30.5 Å². The smallest absolute Gasteiger partial charge is 0.225 e. The van der Waals surface area contributed by atoms with Gasteiger partial charge in [-0.3, -0.25) is 0 Å². The van der Waals surface area contributed by atoms with Gasteiger partial charge in [0, 0.05) is 9.64 Å². The molecule has 94 valence electrons. The first-order valence-corrected chi connectivity index (χ1v) is 7.34. The Hall–Kier alpha value is -1.06. The van der Waals surface area contributed by atoms with E-state index in [1.165, 1.54) is 11.8 Å². The van der Waals surface area contributed by atoms with Crippen LogP contribution in [-0.2, 0) is 0 Å². The number of nitrogens with one attached hydrogen (secondary N) is 1. The van der Waals surface area contributed by atoms with Crippen LogP contribution in [0.4, 0.5) is 5.82 Å². The lowest BCUT2D eigenvalue weighted by atomic mass is 10.3. The Morgan fingerprint density at radius 3 is 2.83 bits per heavy atom. The quantitative estimate of drug-likeness (QED) is 0.282. The summed E-state index contributed by atoms with van der Waals surface area (Å²) in [5.74, 6) is 7.07. The molecular weight excluding hydrogens is 363 g/mol. The van der Waals surface area contributed by atoms with Gasteiger partial charge in [0.1, 0.15) is 11.6 Å². The standard InChI is InChI=1S/C11H11IN4OS/c1-18-11-14-9(16-13)6-10(15-11)17-8-4-2-3-7(12)5-8/h2-6H,13H2,1H3,(H,14,15,16). The largest absolute Gasteiger partial charge is 0.439 e. The van der Waals surface area contributed by atoms with Gasteiger partial charge in [-0.2, -0.15) is 4.98 Å². The summed E-state index contributed by atoms with van der Waals surface area (Å²) in [6.07, 6.45) is 1.89. The molecule has 0 aliphatic carbocycles. The van der Waals surface area contributed by atoms with Crippen LogP contribution in [0.3, 0.4) is 0 Å². The van der Waals surface area contributed by atoms with E-state index in [4.69, 9.17) is 10.6 Å². The van der Waals surface area contributed by atoms with Gasteiger partial charge >= 0.3 is 0 Å². The molecule has 0 radical (unpaired) electrons. The highest BCUT2D eigenvalue weighted by atomic mass is 127. The fourth-order valence-corrected chi connectivity index (χ4v) is 2.16. The molecule has 0 saturated carbocycles. The van der Waals surface area contributed by atoms with Crippen LogP contribution >= 0.6 is 34.4 Å². The maximum absolute atomic E-state index is 5.68. The maximum atomic E-state index is 5.68. The summed E-state index contributed by atoms with van der Waals surface area (Å²) in [6.45, 7) is 0. The van der Waals surface area contributed by atoms with Gasteiger partial charge in [0.05, 0.1) is 0 Å². The third kappa shape index (κ3) is 3.47. The number of nitrogen functional groups attached to an aromatic ring is 1. The fraction of sp³-hybridized carbons (Fsp3) is 0.0909. The zero-order chi connectivity index (χ0) is 13.0. The van der Waals surface area contributed by atoms with Crippen LogP contribution < -0.4 is 16.0 Å². The van der Waals surface area contributed by atoms with Gasteiger partial charge in [-0.25, -0.2) is 10.8 Å². The van der Waals surface area contributed by atoms with Gasteiger partial charge in [-0.1, -0.05) is 17.8 Å². The van der Waals surface area contributed by atoms with Crippen molar-refractivity contribution >= 4 is 40.2 Å². The molecule has 18 heavy (non-hydrogen) atoms. The zero-order valence-corrected chi connectivity index (χ0v) is 12.5. The lowest BCUT2D eigenvalue weighted by molar-refractivity contribution is 0.455. The Kier molecular flexibility index (Phi) is 4.61. The highest BCUT2D eigenvalue weighted by Gasteiger charge is 2.05. The van der Waals surface area contributed by atoms with E-state index in [9.17, 15) is 0 Å². The molecule has 0 unspecified atom stereocenters. The van der Waals surface area contributed by atoms with E-state index in [1.54, 1.807) is 6.07 Å². The normalized spacial score (nSPS) is 10.2. The van der Waals surface area contributed by atoms with Crippen LogP contribution in [0.25, 0.3) is 0 Å². The Bertz CT molecular complexity index is 530. The molecule has 0 saturated heterocycles. The van der Waals surface area contributed by atoms with Crippen LogP contribution in [0.5, 0.6) is 11.6 Å². The second-order valence-corrected chi connectivity index (χ2v) is 5.30. The molecule has 2 aromatic rings. The van der Waals surface area contributed by atoms with Crippen molar-refractivity contribution in [1.29, 1.82) is 0 Å². The first-order chi connectivity index (χ1) is 8.71. The molecule has 1 aromatic carbocycles. The average Bonchev–Trinajstić information content (AvgIpc) is 2.38. The van der Waals surface area contributed by atoms with Crippen LogP contribution in [0.1, 0.15) is 0 Å². The molecule has 5 nitrogen and oxygen atoms in total. The topological polar surface area (TPSA) is 73.1 Å². The molecule has 2 rings (SSSR count). The summed E-state index contributed by atoms with van der Waals surface area (Å²) in [5.41, 5.74) is 2.49. The molecule has 1 aromatic heterocycles. The second-order valence-electron chi connectivity index (χ2n) is 3.28. The minimum atomic E-state index is 0.462. The van der Waals surface area contributed by atoms with Gasteiger partial charge < -0.3 is 10.2 Å². The van der Waals surface area contributed by atoms with E-state index < -0.39 is 0 Å². The van der Waals surface area contributed by atoms with Gasteiger partial charge in [-0.15, -0.1) is 0 Å². The van der Waals surface area contributed by atoms with Crippen molar-refractivity contribution in [1.82, 2.24) is 9.97 Å². The molecule has 0 aliphatic heterocycles. The highest BCUT2D eigenvalue weighted by molar-refractivity contribution is 14.1. The molecule has 0 bridgehead atoms. The number of ether oxygens (including phenoxy) is 1. The lowest BCUT2D eigenvalue weighted by Gasteiger charge is -2.08. The van der Waals surface area contributed by atoms with Crippen LogP contribution in [0.2, 0.25) is 0 Å². The van der Waals surface area contributed by atoms with Crippen molar-refractivity contribution in [3.8, 4) is 11.6 Å². The molecule has 0 fully saturated rings. The highest BCUT2D eigenvalue weighted by Crippen LogP contribution is 2.24. The van der Waals surface area contributed by atoms with Crippen molar-refractivity contribution < 1.29 is 4.74 Å². The predicted octanol–water partition coefficient (Wildman–Crippen LogP) is 2.88. The lowest BCUT2D eigenvalue weighted by Crippen LogP contribution is -2.09. The molecule has 0 spiro atoms. The molecular formula is C11H11IN4OS. The number of rotatable bonds is 4. The van der Waals surface area contributed by atoms with E-state index in [0.29, 0.717) is 16.9 Å². The number of aromatic nitrogens is 2. The van der Waals surface area contributed by atoms with Gasteiger partial charge in [0.15, 0.2) is 5.16 Å². The monoisotopic (exact) mass is 374 g/mol. The molecule has 0 atom stereocenters. The van der Waals surface area contributed by atoms with Crippen molar-refractivity contribution in [2.45, 2.75) is 5.16 Å². The van der Waals surface area contributed by atoms with Gasteiger partial charge in [0.25, 0.3) is 0 Å². The number of hydrazine groups is 1. The van der Waals surface area contributed by atoms with Gasteiger partial charge in [0.2, 0.25) is 5.88 Å². The SMILES string of the molecule is CSc1nc(NN)cc(Oc2cccc(I)c2)n1. The summed E-state index contributed by atoms with van der Waals surface area (Å²) >= 11 is 3.65. The first-order valence-electron chi connectivity index (χ1n) is 5.04. The number of thioether (sulfide) groups is 1. The number of nitrogens with zero attached hydrogens (tertiary/aromatic N) is 2. The number of hydrogen-bond donors (Lipinski definition) is 2. The summed E-state index contributed by atoms with van der Waals surface area (Å²) in [6, 6.07) is 9.37.